The molecule has 0 aromatic heterocycles. The highest BCUT2D eigenvalue weighted by Gasteiger charge is 2.10. The Hall–Kier alpha value is -2.01. The van der Waals surface area contributed by atoms with E-state index in [1.54, 1.807) is 13.1 Å². The number of likely N-dealkylation sites (N-methyl/N-ethyl adjacent to an activating group) is 1. The van der Waals surface area contributed by atoms with E-state index >= 15 is 0 Å². The highest BCUT2D eigenvalue weighted by molar-refractivity contribution is 5.79. The van der Waals surface area contributed by atoms with Gasteiger partial charge >= 0.3 is 0 Å². The molecule has 1 rings (SSSR count). The number of benzene rings is 1. The molecule has 0 radical (unpaired) electrons. The fourth-order valence-electron chi connectivity index (χ4n) is 2.56. The van der Waals surface area contributed by atoms with Gasteiger partial charge in [-0.2, -0.15) is 0 Å². The van der Waals surface area contributed by atoms with Gasteiger partial charge in [0.1, 0.15) is 12.4 Å². The number of nitrogens with one attached hydrogen (secondary N) is 2. The Balaban J connectivity index is 2.54. The fraction of sp³-hybridized carbons (Fsp3) is 0.526. The lowest BCUT2D eigenvalue weighted by molar-refractivity contribution is 0.231. The van der Waals surface area contributed by atoms with Gasteiger partial charge in [0.05, 0.1) is 0 Å². The lowest BCUT2D eigenvalue weighted by atomic mass is 10.2. The molecular weight excluding hydrogens is 300 g/mol. The first-order chi connectivity index (χ1) is 11.7. The number of aliphatic imine (C=N–C) groups is 1. The minimum Gasteiger partial charge on any atom is -0.489 e. The molecule has 1 aromatic rings. The SMILES string of the molecule is C=CCOc1ccccc1CNC(=NC)NCC(C)N(CC)CC. The van der Waals surface area contributed by atoms with Crippen LogP contribution in [0.4, 0.5) is 0 Å². The molecule has 134 valence electrons. The van der Waals surface area contributed by atoms with Gasteiger partial charge in [-0.05, 0) is 26.1 Å². The van der Waals surface area contributed by atoms with Gasteiger partial charge in [0.25, 0.3) is 0 Å². The van der Waals surface area contributed by atoms with Crippen LogP contribution in [0.5, 0.6) is 5.75 Å². The number of nitrogens with zero attached hydrogens (tertiary/aromatic N) is 2. The van der Waals surface area contributed by atoms with Crippen LogP contribution in [0.2, 0.25) is 0 Å². The Morgan fingerprint density at radius 1 is 1.29 bits per heavy atom. The Kier molecular flexibility index (Phi) is 9.61. The number of rotatable bonds is 10. The standard InChI is InChI=1S/C19H32N4O/c1-6-13-24-18-12-10-9-11-17(18)15-22-19(20-5)21-14-16(4)23(7-2)8-3/h6,9-12,16H,1,7-8,13-15H2,2-5H3,(H2,20,21,22). The van der Waals surface area contributed by atoms with Gasteiger partial charge in [0.2, 0.25) is 0 Å². The zero-order chi connectivity index (χ0) is 17.8. The molecule has 2 N–H and O–H groups in total. The van der Waals surface area contributed by atoms with Crippen molar-refractivity contribution in [2.24, 2.45) is 4.99 Å². The maximum absolute atomic E-state index is 5.69. The number of guanidine groups is 1. The minimum absolute atomic E-state index is 0.460. The zero-order valence-electron chi connectivity index (χ0n) is 15.5. The van der Waals surface area contributed by atoms with Crippen LogP contribution < -0.4 is 15.4 Å². The molecule has 0 fully saturated rings. The third-order valence-electron chi connectivity index (χ3n) is 4.00. The zero-order valence-corrected chi connectivity index (χ0v) is 15.5. The maximum Gasteiger partial charge on any atom is 0.191 e. The number of hydrogen-bond acceptors (Lipinski definition) is 3. The molecule has 0 aliphatic carbocycles. The molecule has 5 nitrogen and oxygen atoms in total. The smallest absolute Gasteiger partial charge is 0.191 e. The van der Waals surface area contributed by atoms with Crippen molar-refractivity contribution < 1.29 is 4.74 Å². The van der Waals surface area contributed by atoms with Gasteiger partial charge in [0.15, 0.2) is 5.96 Å². The van der Waals surface area contributed by atoms with Gasteiger partial charge < -0.3 is 15.4 Å². The summed E-state index contributed by atoms with van der Waals surface area (Å²) < 4.78 is 5.69. The fourth-order valence-corrected chi connectivity index (χ4v) is 2.56. The van der Waals surface area contributed by atoms with Crippen molar-refractivity contribution in [3.05, 3.63) is 42.5 Å². The van der Waals surface area contributed by atoms with Crippen molar-refractivity contribution in [3.63, 3.8) is 0 Å². The van der Waals surface area contributed by atoms with E-state index in [1.807, 2.05) is 18.2 Å². The van der Waals surface area contributed by atoms with E-state index in [4.69, 9.17) is 4.74 Å². The van der Waals surface area contributed by atoms with Crippen molar-refractivity contribution in [1.29, 1.82) is 0 Å². The molecule has 0 bridgehead atoms. The van der Waals surface area contributed by atoms with Crippen LogP contribution in [-0.2, 0) is 6.54 Å². The second-order valence-corrected chi connectivity index (χ2v) is 5.58. The maximum atomic E-state index is 5.69. The first-order valence-electron chi connectivity index (χ1n) is 8.66. The second-order valence-electron chi connectivity index (χ2n) is 5.58. The largest absolute Gasteiger partial charge is 0.489 e. The lowest BCUT2D eigenvalue weighted by Gasteiger charge is -2.27. The quantitative estimate of drug-likeness (QED) is 0.393. The van der Waals surface area contributed by atoms with Crippen LogP contribution in [0.15, 0.2) is 41.9 Å². The monoisotopic (exact) mass is 332 g/mol. The molecule has 0 amide bonds. The van der Waals surface area contributed by atoms with Crippen molar-refractivity contribution in [3.8, 4) is 5.75 Å². The van der Waals surface area contributed by atoms with Crippen LogP contribution in [0, 0.1) is 0 Å². The Bertz CT molecular complexity index is 512. The van der Waals surface area contributed by atoms with E-state index < -0.39 is 0 Å². The van der Waals surface area contributed by atoms with Crippen molar-refractivity contribution in [2.75, 3.05) is 33.3 Å². The molecule has 1 unspecified atom stereocenters. The third kappa shape index (κ3) is 6.62. The van der Waals surface area contributed by atoms with E-state index in [1.165, 1.54) is 0 Å². The molecule has 24 heavy (non-hydrogen) atoms. The normalized spacial score (nSPS) is 12.8. The predicted molar refractivity (Wildman–Crippen MR) is 103 cm³/mol. The Morgan fingerprint density at radius 3 is 2.62 bits per heavy atom. The van der Waals surface area contributed by atoms with Crippen molar-refractivity contribution in [2.45, 2.75) is 33.4 Å². The van der Waals surface area contributed by atoms with Gasteiger partial charge in [-0.3, -0.25) is 9.89 Å². The van der Waals surface area contributed by atoms with E-state index in [-0.39, 0.29) is 0 Å². The summed E-state index contributed by atoms with van der Waals surface area (Å²) in [6.07, 6.45) is 1.75. The minimum atomic E-state index is 0.460. The van der Waals surface area contributed by atoms with Crippen molar-refractivity contribution in [1.82, 2.24) is 15.5 Å². The van der Waals surface area contributed by atoms with Gasteiger partial charge in [-0.15, -0.1) is 0 Å². The molecule has 0 aliphatic rings. The average molecular weight is 332 g/mol. The molecule has 5 heteroatoms. The predicted octanol–water partition coefficient (Wildman–Crippen LogP) is 2.65. The van der Waals surface area contributed by atoms with Crippen LogP contribution in [0.1, 0.15) is 26.3 Å². The summed E-state index contributed by atoms with van der Waals surface area (Å²) in [6, 6.07) is 8.47. The average Bonchev–Trinajstić information content (AvgIpc) is 2.61. The first-order valence-corrected chi connectivity index (χ1v) is 8.66. The first kappa shape index (κ1) is 20.0. The number of hydrogen-bond donors (Lipinski definition) is 2. The lowest BCUT2D eigenvalue weighted by Crippen LogP contribution is -2.45. The van der Waals surface area contributed by atoms with Crippen LogP contribution >= 0.6 is 0 Å². The topological polar surface area (TPSA) is 48.9 Å². The summed E-state index contributed by atoms with van der Waals surface area (Å²) in [5.74, 6) is 1.67. The molecule has 0 saturated carbocycles. The highest BCUT2D eigenvalue weighted by Crippen LogP contribution is 2.17. The van der Waals surface area contributed by atoms with Crippen LogP contribution in [-0.4, -0.2) is 50.2 Å². The van der Waals surface area contributed by atoms with Crippen LogP contribution in [0.3, 0.4) is 0 Å². The van der Waals surface area contributed by atoms with Gasteiger partial charge in [-0.25, -0.2) is 0 Å². The van der Waals surface area contributed by atoms with E-state index in [0.717, 1.165) is 36.9 Å². The molecule has 0 heterocycles. The van der Waals surface area contributed by atoms with Gasteiger partial charge in [-0.1, -0.05) is 44.7 Å². The summed E-state index contributed by atoms with van der Waals surface area (Å²) in [4.78, 5) is 6.71. The molecule has 1 aromatic carbocycles. The summed E-state index contributed by atoms with van der Waals surface area (Å²) in [7, 11) is 1.79. The molecular formula is C19H32N4O. The van der Waals surface area contributed by atoms with E-state index in [2.05, 4.69) is 53.9 Å². The van der Waals surface area contributed by atoms with Crippen molar-refractivity contribution >= 4 is 5.96 Å². The summed E-state index contributed by atoms with van der Waals surface area (Å²) in [5.41, 5.74) is 1.10. The summed E-state index contributed by atoms with van der Waals surface area (Å²) in [6.45, 7) is 14.4. The Morgan fingerprint density at radius 2 is 2.00 bits per heavy atom. The molecule has 0 aliphatic heterocycles. The molecule has 0 saturated heterocycles. The Labute approximate surface area is 146 Å². The van der Waals surface area contributed by atoms with Gasteiger partial charge in [0, 0.05) is 31.7 Å². The third-order valence-corrected chi connectivity index (χ3v) is 4.00. The number of ether oxygens (including phenoxy) is 1. The molecule has 1 atom stereocenters. The van der Waals surface area contributed by atoms with E-state index in [0.29, 0.717) is 19.2 Å². The van der Waals surface area contributed by atoms with Crippen LogP contribution in [0.25, 0.3) is 0 Å². The number of para-hydroxylation sites is 1. The molecule has 0 spiro atoms. The highest BCUT2D eigenvalue weighted by atomic mass is 16.5. The second kappa shape index (κ2) is 11.5. The summed E-state index contributed by atoms with van der Waals surface area (Å²) >= 11 is 0. The van der Waals surface area contributed by atoms with E-state index in [9.17, 15) is 0 Å². The summed E-state index contributed by atoms with van der Waals surface area (Å²) in [5, 5.41) is 6.74.